The number of nitrogens with one attached hydrogen (secondary N) is 1. The van der Waals surface area contributed by atoms with Gasteiger partial charge in [-0.15, -0.1) is 0 Å². The first kappa shape index (κ1) is 33.7. The Labute approximate surface area is 279 Å². The van der Waals surface area contributed by atoms with Gasteiger partial charge in [-0.25, -0.2) is 9.37 Å². The zero-order valence-corrected chi connectivity index (χ0v) is 28.0. The predicted octanol–water partition coefficient (Wildman–Crippen LogP) is 5.65. The topological polar surface area (TPSA) is 111 Å². The molecule has 2 fully saturated rings. The highest BCUT2D eigenvalue weighted by molar-refractivity contribution is 6.33. The standard InChI is InChI=1S/C35H39ClFN7O3/c1-7-29(46)42-14-15-43(22(5)18-42)33(38-6)26-17-27(36)31(25-16-23(8-11-28(25)37)35(47)40-24-9-10-24)41-34(26)44(19-45)32-21(4)12-13-39-30(32)20(2)3/h7-8,11-13,16-17,19-20,22,24H,1,9-10,14-15,18H2,2-6H3,(H,40,47)/b38-33+. The minimum Gasteiger partial charge on any atom is -0.350 e. The van der Waals surface area contributed by atoms with E-state index >= 15 is 4.39 Å². The Morgan fingerprint density at radius 1 is 1.21 bits per heavy atom. The van der Waals surface area contributed by atoms with Gasteiger partial charge in [-0.1, -0.05) is 32.0 Å². The Hall–Kier alpha value is -4.64. The number of aromatic nitrogens is 2. The Bertz CT molecular complexity index is 1760. The molecule has 10 nitrogen and oxygen atoms in total. The van der Waals surface area contributed by atoms with Crippen molar-refractivity contribution in [3.63, 3.8) is 0 Å². The molecule has 1 aliphatic heterocycles. The van der Waals surface area contributed by atoms with Crippen molar-refractivity contribution >= 4 is 47.2 Å². The van der Waals surface area contributed by atoms with Gasteiger partial charge in [0.15, 0.2) is 5.82 Å². The molecule has 2 aromatic heterocycles. The zero-order chi connectivity index (χ0) is 34.0. The van der Waals surface area contributed by atoms with Crippen LogP contribution in [0.5, 0.6) is 0 Å². The Morgan fingerprint density at radius 3 is 2.57 bits per heavy atom. The molecule has 1 aromatic carbocycles. The van der Waals surface area contributed by atoms with Crippen LogP contribution in [0, 0.1) is 12.7 Å². The molecule has 246 valence electrons. The molecule has 1 saturated heterocycles. The molecule has 0 bridgehead atoms. The molecule has 3 heterocycles. The number of rotatable bonds is 9. The number of carbonyl (C=O) groups excluding carboxylic acids is 3. The van der Waals surface area contributed by atoms with E-state index in [4.69, 9.17) is 16.6 Å². The van der Waals surface area contributed by atoms with Crippen LogP contribution < -0.4 is 10.2 Å². The number of hydrogen-bond donors (Lipinski definition) is 1. The second-order valence-corrected chi connectivity index (χ2v) is 12.6. The summed E-state index contributed by atoms with van der Waals surface area (Å²) in [5, 5.41) is 3.03. The van der Waals surface area contributed by atoms with Gasteiger partial charge in [0.05, 0.1) is 27.7 Å². The van der Waals surface area contributed by atoms with Crippen LogP contribution in [0.1, 0.15) is 66.7 Å². The van der Waals surface area contributed by atoms with Gasteiger partial charge in [0.25, 0.3) is 5.91 Å². The van der Waals surface area contributed by atoms with Crippen molar-refractivity contribution in [1.29, 1.82) is 0 Å². The van der Waals surface area contributed by atoms with Gasteiger partial charge in [-0.3, -0.25) is 29.3 Å². The summed E-state index contributed by atoms with van der Waals surface area (Å²) in [7, 11) is 1.64. The molecule has 12 heteroatoms. The van der Waals surface area contributed by atoms with E-state index in [2.05, 4.69) is 21.9 Å². The molecule has 1 unspecified atom stereocenters. The van der Waals surface area contributed by atoms with E-state index in [1.165, 1.54) is 29.2 Å². The lowest BCUT2D eigenvalue weighted by Gasteiger charge is -2.41. The number of hydrogen-bond acceptors (Lipinski definition) is 6. The Balaban J connectivity index is 1.70. The average molecular weight is 660 g/mol. The minimum atomic E-state index is -0.625. The van der Waals surface area contributed by atoms with Crippen molar-refractivity contribution in [3.05, 3.63) is 82.4 Å². The molecule has 47 heavy (non-hydrogen) atoms. The zero-order valence-electron chi connectivity index (χ0n) is 27.3. The number of pyridine rings is 2. The summed E-state index contributed by atoms with van der Waals surface area (Å²) < 4.78 is 15.5. The van der Waals surface area contributed by atoms with E-state index in [1.807, 2.05) is 38.7 Å². The van der Waals surface area contributed by atoms with Crippen LogP contribution >= 0.6 is 11.6 Å². The van der Waals surface area contributed by atoms with E-state index in [0.717, 1.165) is 18.4 Å². The molecule has 0 radical (unpaired) electrons. The van der Waals surface area contributed by atoms with Crippen molar-refractivity contribution in [2.75, 3.05) is 31.6 Å². The van der Waals surface area contributed by atoms with Crippen molar-refractivity contribution in [3.8, 4) is 11.3 Å². The molecule has 2 aliphatic rings. The van der Waals surface area contributed by atoms with Crippen LogP contribution in [0.25, 0.3) is 11.3 Å². The molecule has 0 spiro atoms. The first-order valence-electron chi connectivity index (χ1n) is 15.6. The summed E-state index contributed by atoms with van der Waals surface area (Å²) in [5.74, 6) is -0.473. The van der Waals surface area contributed by atoms with E-state index < -0.39 is 5.82 Å². The Morgan fingerprint density at radius 2 is 1.96 bits per heavy atom. The maximum Gasteiger partial charge on any atom is 0.251 e. The number of piperazine rings is 1. The van der Waals surface area contributed by atoms with Crippen molar-refractivity contribution in [1.82, 2.24) is 25.1 Å². The van der Waals surface area contributed by atoms with Crippen LogP contribution in [0.15, 0.2) is 54.2 Å². The van der Waals surface area contributed by atoms with Gasteiger partial charge in [0.2, 0.25) is 12.3 Å². The molecular formula is C35H39ClFN7O3. The second-order valence-electron chi connectivity index (χ2n) is 12.2. The molecule has 3 aromatic rings. The summed E-state index contributed by atoms with van der Waals surface area (Å²) in [6, 6.07) is 7.46. The van der Waals surface area contributed by atoms with E-state index in [0.29, 0.717) is 48.8 Å². The molecule has 1 saturated carbocycles. The normalized spacial score (nSPS) is 16.7. The van der Waals surface area contributed by atoms with Gasteiger partial charge in [-0.2, -0.15) is 0 Å². The quantitative estimate of drug-likeness (QED) is 0.138. The summed E-state index contributed by atoms with van der Waals surface area (Å²) in [5.41, 5.74) is 2.78. The lowest BCUT2D eigenvalue weighted by molar-refractivity contribution is -0.128. The van der Waals surface area contributed by atoms with Crippen LogP contribution in [0.2, 0.25) is 5.02 Å². The van der Waals surface area contributed by atoms with Crippen molar-refractivity contribution in [2.45, 2.75) is 58.5 Å². The van der Waals surface area contributed by atoms with Gasteiger partial charge in [0, 0.05) is 56.1 Å². The number of amidine groups is 1. The number of aliphatic imine (C=N–C) groups is 1. The van der Waals surface area contributed by atoms with Crippen LogP contribution in [0.4, 0.5) is 15.9 Å². The highest BCUT2D eigenvalue weighted by Gasteiger charge is 2.33. The number of aryl methyl sites for hydroxylation is 1. The van der Waals surface area contributed by atoms with Crippen LogP contribution in [-0.2, 0) is 9.59 Å². The minimum absolute atomic E-state index is 0.0176. The summed E-state index contributed by atoms with van der Waals surface area (Å²) >= 11 is 6.91. The fourth-order valence-electron chi connectivity index (χ4n) is 5.88. The summed E-state index contributed by atoms with van der Waals surface area (Å²) in [6.07, 6.45) is 5.46. The van der Waals surface area contributed by atoms with E-state index in [1.54, 1.807) is 24.2 Å². The maximum absolute atomic E-state index is 15.5. The predicted molar refractivity (Wildman–Crippen MR) is 182 cm³/mol. The van der Waals surface area contributed by atoms with E-state index in [-0.39, 0.29) is 57.5 Å². The summed E-state index contributed by atoms with van der Waals surface area (Å²) in [6.45, 7) is 12.7. The number of anilines is 2. The number of carbonyl (C=O) groups is 3. The largest absolute Gasteiger partial charge is 0.350 e. The molecule has 5 rings (SSSR count). The SMILES string of the molecule is C=CC(=O)N1CCN(/C(=N/C)c2cc(Cl)c(-c3cc(C(=O)NC4CC4)ccc3F)nc2N(C=O)c2c(C)ccnc2C(C)C)C(C)C1. The Kier molecular flexibility index (Phi) is 10.0. The molecule has 1 N–H and O–H groups in total. The van der Waals surface area contributed by atoms with Gasteiger partial charge in [-0.05, 0) is 74.6 Å². The fourth-order valence-corrected chi connectivity index (χ4v) is 6.13. The highest BCUT2D eigenvalue weighted by atomic mass is 35.5. The van der Waals surface area contributed by atoms with Crippen LogP contribution in [-0.4, -0.2) is 82.6 Å². The van der Waals surface area contributed by atoms with Gasteiger partial charge in [0.1, 0.15) is 11.7 Å². The average Bonchev–Trinajstić information content (AvgIpc) is 3.87. The first-order valence-corrected chi connectivity index (χ1v) is 16.0. The number of nitrogens with zero attached hydrogens (tertiary/aromatic N) is 6. The highest BCUT2D eigenvalue weighted by Crippen LogP contribution is 2.39. The van der Waals surface area contributed by atoms with Crippen molar-refractivity contribution < 1.29 is 18.8 Å². The van der Waals surface area contributed by atoms with Crippen molar-refractivity contribution in [2.24, 2.45) is 4.99 Å². The molecular weight excluding hydrogens is 621 g/mol. The van der Waals surface area contributed by atoms with E-state index in [9.17, 15) is 14.4 Å². The number of amides is 3. The number of halogens is 2. The fraction of sp³-hybridized carbons (Fsp3) is 0.371. The van der Waals surface area contributed by atoms with Gasteiger partial charge < -0.3 is 15.1 Å². The van der Waals surface area contributed by atoms with Gasteiger partial charge >= 0.3 is 0 Å². The first-order chi connectivity index (χ1) is 22.5. The smallest absolute Gasteiger partial charge is 0.251 e. The monoisotopic (exact) mass is 659 g/mol. The molecule has 1 aliphatic carbocycles. The lowest BCUT2D eigenvalue weighted by atomic mass is 10.0. The third-order valence-corrected chi connectivity index (χ3v) is 8.75. The number of benzene rings is 1. The lowest BCUT2D eigenvalue weighted by Crippen LogP contribution is -2.55. The molecule has 1 atom stereocenters. The summed E-state index contributed by atoms with van der Waals surface area (Å²) in [4.78, 5) is 57.7. The third kappa shape index (κ3) is 6.90. The molecule has 3 amide bonds. The maximum atomic E-state index is 15.5. The third-order valence-electron chi connectivity index (χ3n) is 8.47. The van der Waals surface area contributed by atoms with Crippen LogP contribution in [0.3, 0.4) is 0 Å². The second kappa shape index (κ2) is 14.0.